The maximum atomic E-state index is 12.6. The summed E-state index contributed by atoms with van der Waals surface area (Å²) in [5.74, 6) is 0.501. The largest absolute Gasteiger partial charge is 0.358 e. The van der Waals surface area contributed by atoms with E-state index in [-0.39, 0.29) is 5.91 Å². The number of hydrogen-bond donors (Lipinski definition) is 2. The first-order chi connectivity index (χ1) is 14.1. The summed E-state index contributed by atoms with van der Waals surface area (Å²) in [7, 11) is 0. The van der Waals surface area contributed by atoms with Crippen molar-refractivity contribution in [2.45, 2.75) is 33.1 Å². The van der Waals surface area contributed by atoms with E-state index in [2.05, 4.69) is 41.2 Å². The standard InChI is InChI=1S/C24H28ClN3O/c1-3-28(4-2)15-16-9-11-22-19(13-16)20-14-17(10-12-23(20)27-22)26-24(29)18-7-5-6-8-21(18)25/h5-8,10,12,14,16,27H,3-4,9,11,13,15H2,1-2H3,(H,26,29). The van der Waals surface area contributed by atoms with Crippen molar-refractivity contribution in [2.24, 2.45) is 5.92 Å². The van der Waals surface area contributed by atoms with Gasteiger partial charge in [0.2, 0.25) is 0 Å². The topological polar surface area (TPSA) is 48.1 Å². The van der Waals surface area contributed by atoms with Crippen LogP contribution in [0.2, 0.25) is 5.02 Å². The monoisotopic (exact) mass is 409 g/mol. The molecule has 0 spiro atoms. The van der Waals surface area contributed by atoms with Crippen molar-refractivity contribution in [3.8, 4) is 0 Å². The van der Waals surface area contributed by atoms with Crippen LogP contribution in [0.1, 0.15) is 41.9 Å². The predicted octanol–water partition coefficient (Wildman–Crippen LogP) is 5.52. The Morgan fingerprint density at radius 1 is 1.21 bits per heavy atom. The van der Waals surface area contributed by atoms with Crippen LogP contribution in [0.5, 0.6) is 0 Å². The second-order valence-corrected chi connectivity index (χ2v) is 8.28. The van der Waals surface area contributed by atoms with Gasteiger partial charge in [-0.25, -0.2) is 0 Å². The quantitative estimate of drug-likeness (QED) is 0.563. The van der Waals surface area contributed by atoms with Gasteiger partial charge in [-0.05, 0) is 74.2 Å². The van der Waals surface area contributed by atoms with Crippen LogP contribution in [0.3, 0.4) is 0 Å². The molecule has 1 atom stereocenters. The molecule has 152 valence electrons. The minimum atomic E-state index is -0.182. The molecule has 1 aliphatic carbocycles. The number of benzene rings is 2. The van der Waals surface area contributed by atoms with Crippen LogP contribution in [-0.2, 0) is 12.8 Å². The number of nitrogens with zero attached hydrogens (tertiary/aromatic N) is 1. The number of anilines is 1. The summed E-state index contributed by atoms with van der Waals surface area (Å²) >= 11 is 6.17. The molecule has 0 radical (unpaired) electrons. The Morgan fingerprint density at radius 2 is 2.00 bits per heavy atom. The molecule has 3 aromatic rings. The maximum Gasteiger partial charge on any atom is 0.257 e. The summed E-state index contributed by atoms with van der Waals surface area (Å²) < 4.78 is 0. The molecule has 4 nitrogen and oxygen atoms in total. The molecule has 0 bridgehead atoms. The highest BCUT2D eigenvalue weighted by Gasteiger charge is 2.24. The Labute approximate surface area is 177 Å². The lowest BCUT2D eigenvalue weighted by Gasteiger charge is -2.28. The summed E-state index contributed by atoms with van der Waals surface area (Å²) in [4.78, 5) is 18.7. The molecule has 1 heterocycles. The number of rotatable bonds is 6. The van der Waals surface area contributed by atoms with Gasteiger partial charge >= 0.3 is 0 Å². The molecule has 2 aromatic carbocycles. The Kier molecular flexibility index (Phi) is 5.93. The number of hydrogen-bond acceptors (Lipinski definition) is 2. The van der Waals surface area contributed by atoms with Crippen LogP contribution in [0.25, 0.3) is 10.9 Å². The smallest absolute Gasteiger partial charge is 0.257 e. The molecule has 2 N–H and O–H groups in total. The molecule has 1 unspecified atom stereocenters. The average Bonchev–Trinajstić information content (AvgIpc) is 3.09. The summed E-state index contributed by atoms with van der Waals surface area (Å²) in [5, 5.41) is 4.69. The number of carbonyl (C=O) groups is 1. The molecular weight excluding hydrogens is 382 g/mol. The molecule has 0 saturated carbocycles. The zero-order chi connectivity index (χ0) is 20.4. The summed E-state index contributed by atoms with van der Waals surface area (Å²) in [6.45, 7) is 7.83. The van der Waals surface area contributed by atoms with Gasteiger partial charge in [0.25, 0.3) is 5.91 Å². The highest BCUT2D eigenvalue weighted by atomic mass is 35.5. The summed E-state index contributed by atoms with van der Waals surface area (Å²) in [5.41, 5.74) is 5.21. The second kappa shape index (κ2) is 8.60. The third-order valence-electron chi connectivity index (χ3n) is 6.08. The maximum absolute atomic E-state index is 12.6. The van der Waals surface area contributed by atoms with E-state index in [0.717, 1.165) is 43.7 Å². The van der Waals surface area contributed by atoms with Gasteiger partial charge in [-0.3, -0.25) is 4.79 Å². The first-order valence-corrected chi connectivity index (χ1v) is 10.9. The lowest BCUT2D eigenvalue weighted by Crippen LogP contribution is -2.31. The number of halogens is 1. The van der Waals surface area contributed by atoms with Crippen LogP contribution in [0.15, 0.2) is 42.5 Å². The number of aromatic nitrogens is 1. The van der Waals surface area contributed by atoms with E-state index < -0.39 is 0 Å². The molecule has 5 heteroatoms. The van der Waals surface area contributed by atoms with Crippen LogP contribution in [0.4, 0.5) is 5.69 Å². The highest BCUT2D eigenvalue weighted by Crippen LogP contribution is 2.33. The van der Waals surface area contributed by atoms with Crippen molar-refractivity contribution in [3.05, 3.63) is 64.3 Å². The number of H-pyrrole nitrogens is 1. The third-order valence-corrected chi connectivity index (χ3v) is 6.41. The molecule has 4 rings (SSSR count). The number of fused-ring (bicyclic) bond motifs is 3. The number of amides is 1. The fourth-order valence-electron chi connectivity index (χ4n) is 4.41. The van der Waals surface area contributed by atoms with E-state index in [1.807, 2.05) is 18.2 Å². The number of aryl methyl sites for hydroxylation is 1. The van der Waals surface area contributed by atoms with Gasteiger partial charge in [0.15, 0.2) is 0 Å². The molecular formula is C24H28ClN3O. The molecule has 0 fully saturated rings. The number of carbonyl (C=O) groups excluding carboxylic acids is 1. The third kappa shape index (κ3) is 4.19. The van der Waals surface area contributed by atoms with Gasteiger partial charge in [0, 0.05) is 28.8 Å². The van der Waals surface area contributed by atoms with Crippen molar-refractivity contribution in [2.75, 3.05) is 25.0 Å². The zero-order valence-electron chi connectivity index (χ0n) is 17.1. The van der Waals surface area contributed by atoms with Gasteiger partial charge in [0.1, 0.15) is 0 Å². The molecule has 0 saturated heterocycles. The predicted molar refractivity (Wildman–Crippen MR) is 121 cm³/mol. The fourth-order valence-corrected chi connectivity index (χ4v) is 4.64. The van der Waals surface area contributed by atoms with Crippen molar-refractivity contribution >= 4 is 34.1 Å². The Hall–Kier alpha value is -2.30. The van der Waals surface area contributed by atoms with Gasteiger partial charge < -0.3 is 15.2 Å². The van der Waals surface area contributed by atoms with Crippen molar-refractivity contribution in [3.63, 3.8) is 0 Å². The SMILES string of the molecule is CCN(CC)CC1CCc2[nH]c3ccc(NC(=O)c4ccccc4Cl)cc3c2C1. The number of nitrogens with one attached hydrogen (secondary N) is 2. The van der Waals surface area contributed by atoms with Crippen LogP contribution in [0, 0.1) is 5.92 Å². The van der Waals surface area contributed by atoms with Gasteiger partial charge in [-0.2, -0.15) is 0 Å². The van der Waals surface area contributed by atoms with E-state index >= 15 is 0 Å². The minimum absolute atomic E-state index is 0.182. The lowest BCUT2D eigenvalue weighted by molar-refractivity contribution is 0.102. The molecule has 0 aliphatic heterocycles. The minimum Gasteiger partial charge on any atom is -0.358 e. The van der Waals surface area contributed by atoms with Crippen molar-refractivity contribution in [1.82, 2.24) is 9.88 Å². The van der Waals surface area contributed by atoms with Crippen LogP contribution < -0.4 is 5.32 Å². The summed E-state index contributed by atoms with van der Waals surface area (Å²) in [6, 6.07) is 13.2. The van der Waals surface area contributed by atoms with Gasteiger partial charge in [0.05, 0.1) is 10.6 Å². The fraction of sp³-hybridized carbons (Fsp3) is 0.375. The second-order valence-electron chi connectivity index (χ2n) is 7.87. The first-order valence-electron chi connectivity index (χ1n) is 10.5. The molecule has 1 aliphatic rings. The van der Waals surface area contributed by atoms with Crippen molar-refractivity contribution < 1.29 is 4.79 Å². The molecule has 29 heavy (non-hydrogen) atoms. The first kappa shape index (κ1) is 20.0. The lowest BCUT2D eigenvalue weighted by atomic mass is 9.86. The van der Waals surface area contributed by atoms with E-state index in [4.69, 9.17) is 11.6 Å². The Morgan fingerprint density at radius 3 is 2.76 bits per heavy atom. The number of aromatic amines is 1. The van der Waals surface area contributed by atoms with E-state index in [1.54, 1.807) is 12.1 Å². The molecule has 1 amide bonds. The highest BCUT2D eigenvalue weighted by molar-refractivity contribution is 6.34. The van der Waals surface area contributed by atoms with E-state index in [0.29, 0.717) is 16.5 Å². The van der Waals surface area contributed by atoms with E-state index in [9.17, 15) is 4.79 Å². The Balaban J connectivity index is 1.57. The normalized spacial score (nSPS) is 16.2. The van der Waals surface area contributed by atoms with Gasteiger partial charge in [-0.15, -0.1) is 0 Å². The van der Waals surface area contributed by atoms with E-state index in [1.165, 1.54) is 23.1 Å². The van der Waals surface area contributed by atoms with Crippen molar-refractivity contribution in [1.29, 1.82) is 0 Å². The zero-order valence-corrected chi connectivity index (χ0v) is 17.9. The van der Waals surface area contributed by atoms with Crippen LogP contribution >= 0.6 is 11.6 Å². The molecule has 1 aromatic heterocycles. The van der Waals surface area contributed by atoms with Gasteiger partial charge in [-0.1, -0.05) is 37.6 Å². The average molecular weight is 410 g/mol. The summed E-state index contributed by atoms with van der Waals surface area (Å²) in [6.07, 6.45) is 3.41. The Bertz CT molecular complexity index is 1020. The van der Waals surface area contributed by atoms with Crippen LogP contribution in [-0.4, -0.2) is 35.4 Å².